The van der Waals surface area contributed by atoms with Gasteiger partial charge in [0.15, 0.2) is 0 Å². The maximum atomic E-state index is 2.74. The van der Waals surface area contributed by atoms with Crippen LogP contribution in [0.3, 0.4) is 0 Å². The summed E-state index contributed by atoms with van der Waals surface area (Å²) in [5, 5.41) is 0. The summed E-state index contributed by atoms with van der Waals surface area (Å²) < 4.78 is 4.86. The molecule has 0 amide bonds. The van der Waals surface area contributed by atoms with Crippen molar-refractivity contribution in [3.8, 4) is 0 Å². The van der Waals surface area contributed by atoms with Gasteiger partial charge in [0.25, 0.3) is 0 Å². The van der Waals surface area contributed by atoms with Gasteiger partial charge in [0.05, 0.1) is 0 Å². The van der Waals surface area contributed by atoms with E-state index in [1.54, 1.807) is 41.7 Å². The second-order valence-corrected chi connectivity index (χ2v) is 28.7. The molecule has 0 N–H and O–H groups in total. The Kier molecular flexibility index (Phi) is 11.8. The average molecular weight is 732 g/mol. The van der Waals surface area contributed by atoms with Crippen molar-refractivity contribution in [3.05, 3.63) is 79.9 Å². The molecule has 3 heteroatoms. The van der Waals surface area contributed by atoms with Crippen molar-refractivity contribution in [2.75, 3.05) is 0 Å². The van der Waals surface area contributed by atoms with Crippen molar-refractivity contribution in [1.82, 2.24) is 0 Å². The van der Waals surface area contributed by atoms with Crippen molar-refractivity contribution in [2.24, 2.45) is 0 Å². The molecule has 0 saturated carbocycles. The molecule has 2 atom stereocenters. The molecule has 212 valence electrons. The minimum Gasteiger partial charge on any atom is -1.00 e. The Morgan fingerprint density at radius 2 is 0.923 bits per heavy atom. The molecule has 3 aliphatic rings. The van der Waals surface area contributed by atoms with Crippen LogP contribution in [0.15, 0.2) is 35.4 Å². The number of allylic oxidation sites excluding steroid dienone is 2. The molecule has 0 bridgehead atoms. The first-order valence-corrected chi connectivity index (χ1v) is 25.0. The van der Waals surface area contributed by atoms with E-state index in [-0.39, 0.29) is 24.8 Å². The Bertz CT molecular complexity index is 1130. The van der Waals surface area contributed by atoms with Crippen molar-refractivity contribution < 1.29 is 44.8 Å². The number of benzene rings is 2. The number of unbranched alkanes of at least 4 members (excludes halogenated alkanes) is 2. The van der Waals surface area contributed by atoms with Gasteiger partial charge in [0, 0.05) is 0 Å². The van der Waals surface area contributed by atoms with Gasteiger partial charge in [-0.1, -0.05) is 0 Å². The van der Waals surface area contributed by atoms with Gasteiger partial charge in [-0.15, -0.1) is 0 Å². The van der Waals surface area contributed by atoms with Crippen molar-refractivity contribution in [2.45, 2.75) is 121 Å². The maximum absolute atomic E-state index is 2.81. The molecule has 1 fully saturated rings. The molecule has 0 nitrogen and oxygen atoms in total. The van der Waals surface area contributed by atoms with Crippen LogP contribution in [0.5, 0.6) is 0 Å². The first-order valence-electron chi connectivity index (χ1n) is 15.8. The van der Waals surface area contributed by atoms with Gasteiger partial charge in [-0.05, 0) is 0 Å². The minimum absolute atomic E-state index is 0. The monoisotopic (exact) mass is 732 g/mol. The van der Waals surface area contributed by atoms with Crippen molar-refractivity contribution in [1.29, 1.82) is 0 Å². The van der Waals surface area contributed by atoms with Gasteiger partial charge in [-0.3, -0.25) is 0 Å². The molecule has 2 aromatic rings. The van der Waals surface area contributed by atoms with Crippen molar-refractivity contribution >= 4 is 12.2 Å². The predicted molar refractivity (Wildman–Crippen MR) is 160 cm³/mol. The molecular formula is C36H50Cl2Hf. The Morgan fingerprint density at radius 1 is 0.564 bits per heavy atom. The van der Waals surface area contributed by atoms with Crippen molar-refractivity contribution in [3.63, 3.8) is 0 Å². The number of hydrogen-bond acceptors (Lipinski definition) is 0. The summed E-state index contributed by atoms with van der Waals surface area (Å²) in [4.78, 5) is 0. The number of hydrogen-bond donors (Lipinski definition) is 0. The average Bonchev–Trinajstić information content (AvgIpc) is 3.46. The first kappa shape index (κ1) is 32.9. The molecular weight excluding hydrogens is 682 g/mol. The fourth-order valence-corrected chi connectivity index (χ4v) is 36.4. The normalized spacial score (nSPS) is 19.1. The van der Waals surface area contributed by atoms with Crippen LogP contribution < -0.4 is 24.8 Å². The van der Waals surface area contributed by atoms with E-state index in [9.17, 15) is 0 Å². The van der Waals surface area contributed by atoms with E-state index < -0.39 is 20.0 Å². The van der Waals surface area contributed by atoms with Gasteiger partial charge >= 0.3 is 233 Å². The Balaban J connectivity index is 0.00000210. The number of rotatable bonds is 12. The molecule has 2 aromatic carbocycles. The number of fused-ring (bicyclic) bond motifs is 2. The third-order valence-electron chi connectivity index (χ3n) is 10.1. The molecule has 5 rings (SSSR count). The van der Waals surface area contributed by atoms with E-state index in [0.717, 1.165) is 20.2 Å². The van der Waals surface area contributed by atoms with Crippen LogP contribution in [0.1, 0.15) is 132 Å². The predicted octanol–water partition coefficient (Wildman–Crippen LogP) is 4.91. The zero-order valence-corrected chi connectivity index (χ0v) is 30.5. The largest absolute Gasteiger partial charge is 1.00 e. The Morgan fingerprint density at radius 3 is 1.23 bits per heavy atom. The summed E-state index contributed by atoms with van der Waals surface area (Å²) in [6.07, 6.45) is 18.1. The zero-order chi connectivity index (χ0) is 26.2. The van der Waals surface area contributed by atoms with E-state index in [1.165, 1.54) is 51.4 Å². The molecule has 2 unspecified atom stereocenters. The zero-order valence-electron chi connectivity index (χ0n) is 25.4. The fourth-order valence-electron chi connectivity index (χ4n) is 8.01. The molecule has 0 spiro atoms. The molecule has 39 heavy (non-hydrogen) atoms. The van der Waals surface area contributed by atoms with Crippen LogP contribution in [0.25, 0.3) is 12.2 Å². The van der Waals surface area contributed by atoms with Crippen LogP contribution in [0.2, 0.25) is 8.35 Å². The molecule has 0 aromatic heterocycles. The maximum Gasteiger partial charge on any atom is -1.00 e. The second-order valence-electron chi connectivity index (χ2n) is 12.1. The Labute approximate surface area is 256 Å². The fraction of sp³-hybridized carbons (Fsp3) is 0.556. The van der Waals surface area contributed by atoms with Crippen LogP contribution in [0, 0.1) is 0 Å². The summed E-state index contributed by atoms with van der Waals surface area (Å²) in [6.45, 7) is 14.3. The number of aryl methyl sites for hydroxylation is 4. The third-order valence-corrected chi connectivity index (χ3v) is 29.0. The van der Waals surface area contributed by atoms with E-state index in [1.807, 2.05) is 22.3 Å². The van der Waals surface area contributed by atoms with Crippen LogP contribution >= 0.6 is 0 Å². The van der Waals surface area contributed by atoms with E-state index in [4.69, 9.17) is 0 Å². The summed E-state index contributed by atoms with van der Waals surface area (Å²) in [6, 6.07) is 9.97. The quantitative estimate of drug-likeness (QED) is 0.273. The molecule has 2 aliphatic carbocycles. The van der Waals surface area contributed by atoms with E-state index in [0.29, 0.717) is 0 Å². The molecule has 1 saturated heterocycles. The summed E-state index contributed by atoms with van der Waals surface area (Å²) in [5.74, 6) is 0. The summed E-state index contributed by atoms with van der Waals surface area (Å²) in [5.41, 5.74) is 17.3. The van der Waals surface area contributed by atoms with Gasteiger partial charge in [0.2, 0.25) is 0 Å². The standard InChI is InChI=1S/2C17H23.C2H4.2ClH.Hf/c2*1-4-7-8-13-11-16-14(5-2)9-10-15(6-3)17(16)12-13;1-2;;;/h2*9-12H,4-8H2,1-3H3;1-2H2;2*1H;/q;;;;;+2/p-2. The molecule has 0 radical (unpaired) electrons. The molecule has 1 aliphatic heterocycles. The van der Waals surface area contributed by atoms with Crippen LogP contribution in [0.4, 0.5) is 0 Å². The van der Waals surface area contributed by atoms with E-state index >= 15 is 0 Å². The van der Waals surface area contributed by atoms with Gasteiger partial charge < -0.3 is 24.8 Å². The van der Waals surface area contributed by atoms with Gasteiger partial charge in [-0.25, -0.2) is 0 Å². The smallest absolute Gasteiger partial charge is 1.00 e. The van der Waals surface area contributed by atoms with E-state index in [2.05, 4.69) is 78.0 Å². The van der Waals surface area contributed by atoms with Crippen LogP contribution in [-0.4, -0.2) is 0 Å². The minimum atomic E-state index is -2.81. The topological polar surface area (TPSA) is 0 Å². The van der Waals surface area contributed by atoms with Gasteiger partial charge in [-0.2, -0.15) is 0 Å². The van der Waals surface area contributed by atoms with Crippen LogP contribution in [-0.2, 0) is 45.7 Å². The van der Waals surface area contributed by atoms with Gasteiger partial charge in [0.1, 0.15) is 0 Å². The summed E-state index contributed by atoms with van der Waals surface area (Å²) in [7, 11) is 0. The SMILES string of the molecule is CCCCC1=Cc2c(CC)ccc(CC)c2[CH]1[Hf+2]1([CH]2C(CCCC)=Cc3c(CC)ccc(CC)c32)[CH2][CH2]1.[Cl-].[Cl-]. The first-order chi connectivity index (χ1) is 18.1. The Hall–Kier alpha value is -0.630. The summed E-state index contributed by atoms with van der Waals surface area (Å²) >= 11 is -2.81. The number of halogens is 2. The third kappa shape index (κ3) is 5.72. The molecule has 1 heterocycles. The second kappa shape index (κ2) is 14.0.